The molecule has 35 heavy (non-hydrogen) atoms. The summed E-state index contributed by atoms with van der Waals surface area (Å²) in [7, 11) is 0. The molecule has 0 spiro atoms. The Morgan fingerprint density at radius 3 is 2.57 bits per heavy atom. The van der Waals surface area contributed by atoms with Crippen molar-refractivity contribution in [2.24, 2.45) is 0 Å². The lowest BCUT2D eigenvalue weighted by Crippen LogP contribution is -2.45. The van der Waals surface area contributed by atoms with E-state index in [-0.39, 0.29) is 5.91 Å². The molecule has 0 saturated carbocycles. The highest BCUT2D eigenvalue weighted by Gasteiger charge is 2.38. The van der Waals surface area contributed by atoms with Gasteiger partial charge in [-0.05, 0) is 54.8 Å². The summed E-state index contributed by atoms with van der Waals surface area (Å²) < 4.78 is 6.53. The standard InChI is InChI=1S/C28H37ClN4O2/c1-6-9-18-32(8-3)27(34)25-26(30-7-2)31-28(33(25)19-21-14-16-22(29)17-15-21)35-24-13-11-10-12-23(24)20(4)5/h7,10-17,20,28,30-31H,2,6,8-9,18-19H2,1,3-5H3. The van der Waals surface area contributed by atoms with Crippen LogP contribution >= 0.6 is 11.6 Å². The van der Waals surface area contributed by atoms with Crippen LogP contribution in [0.15, 0.2) is 72.8 Å². The van der Waals surface area contributed by atoms with Gasteiger partial charge in [0.05, 0.1) is 0 Å². The first-order valence-corrected chi connectivity index (χ1v) is 12.7. The maximum atomic E-state index is 13.8. The number of hydrogen-bond donors (Lipinski definition) is 2. The number of nitrogens with one attached hydrogen (secondary N) is 2. The number of para-hydroxylation sites is 1. The van der Waals surface area contributed by atoms with Gasteiger partial charge in [-0.2, -0.15) is 0 Å². The molecule has 1 aliphatic rings. The number of hydrogen-bond acceptors (Lipinski definition) is 5. The molecule has 0 bridgehead atoms. The van der Waals surface area contributed by atoms with E-state index in [9.17, 15) is 4.79 Å². The first-order chi connectivity index (χ1) is 16.9. The van der Waals surface area contributed by atoms with Crippen LogP contribution in [0.25, 0.3) is 0 Å². The van der Waals surface area contributed by atoms with Gasteiger partial charge >= 0.3 is 0 Å². The first-order valence-electron chi connectivity index (χ1n) is 12.3. The largest absolute Gasteiger partial charge is 0.452 e. The molecular weight excluding hydrogens is 460 g/mol. The number of likely N-dealkylation sites (N-methyl/N-ethyl adjacent to an activating group) is 1. The lowest BCUT2D eigenvalue weighted by molar-refractivity contribution is -0.129. The molecule has 2 aromatic carbocycles. The predicted octanol–water partition coefficient (Wildman–Crippen LogP) is 5.78. The van der Waals surface area contributed by atoms with E-state index in [1.54, 1.807) is 6.20 Å². The molecule has 1 amide bonds. The van der Waals surface area contributed by atoms with Gasteiger partial charge in [0.15, 0.2) is 0 Å². The zero-order valence-electron chi connectivity index (χ0n) is 21.2. The number of unbranched alkanes of at least 4 members (excludes halogenated alkanes) is 1. The second-order valence-electron chi connectivity index (χ2n) is 8.87. The van der Waals surface area contributed by atoms with Gasteiger partial charge in [-0.25, -0.2) is 0 Å². The lowest BCUT2D eigenvalue weighted by Gasteiger charge is -2.31. The van der Waals surface area contributed by atoms with E-state index in [0.29, 0.717) is 42.1 Å². The Hall–Kier alpha value is -3.12. The number of halogens is 1. The van der Waals surface area contributed by atoms with Crippen molar-refractivity contribution in [3.05, 3.63) is 89.0 Å². The molecular formula is C28H37ClN4O2. The summed E-state index contributed by atoms with van der Waals surface area (Å²) in [5.41, 5.74) is 2.66. The summed E-state index contributed by atoms with van der Waals surface area (Å²) in [4.78, 5) is 17.7. The molecule has 0 saturated heterocycles. The Morgan fingerprint density at radius 1 is 1.23 bits per heavy atom. The van der Waals surface area contributed by atoms with E-state index >= 15 is 0 Å². The highest BCUT2D eigenvalue weighted by molar-refractivity contribution is 6.30. The van der Waals surface area contributed by atoms with Crippen LogP contribution in [-0.2, 0) is 11.3 Å². The highest BCUT2D eigenvalue weighted by Crippen LogP contribution is 2.31. The van der Waals surface area contributed by atoms with E-state index in [1.807, 2.05) is 59.2 Å². The van der Waals surface area contributed by atoms with Crippen molar-refractivity contribution in [2.45, 2.75) is 59.4 Å². The SMILES string of the molecule is C=CNC1=C(C(=O)N(CC)CCCC)N(Cc2ccc(Cl)cc2)C(Oc2ccccc2C(C)C)N1. The van der Waals surface area contributed by atoms with Gasteiger partial charge in [0, 0.05) is 24.7 Å². The number of nitrogens with zero attached hydrogens (tertiary/aromatic N) is 2. The van der Waals surface area contributed by atoms with Gasteiger partial charge in [-0.3, -0.25) is 4.79 Å². The van der Waals surface area contributed by atoms with Gasteiger partial charge in [0.2, 0.25) is 0 Å². The van der Waals surface area contributed by atoms with Gasteiger partial charge in [-0.15, -0.1) is 0 Å². The smallest absolute Gasteiger partial charge is 0.274 e. The summed E-state index contributed by atoms with van der Waals surface area (Å²) in [6.07, 6.45) is 2.95. The van der Waals surface area contributed by atoms with Crippen LogP contribution in [0, 0.1) is 0 Å². The second-order valence-corrected chi connectivity index (χ2v) is 9.31. The molecule has 0 radical (unpaired) electrons. The van der Waals surface area contributed by atoms with Crippen molar-refractivity contribution in [1.29, 1.82) is 0 Å². The highest BCUT2D eigenvalue weighted by atomic mass is 35.5. The summed E-state index contributed by atoms with van der Waals surface area (Å²) in [6.45, 7) is 14.0. The average molecular weight is 497 g/mol. The van der Waals surface area contributed by atoms with Crippen molar-refractivity contribution < 1.29 is 9.53 Å². The van der Waals surface area contributed by atoms with Gasteiger partial charge in [0.25, 0.3) is 12.3 Å². The molecule has 1 atom stereocenters. The van der Waals surface area contributed by atoms with E-state index in [4.69, 9.17) is 16.3 Å². The van der Waals surface area contributed by atoms with Crippen LogP contribution in [0.1, 0.15) is 57.6 Å². The normalized spacial score (nSPS) is 15.3. The molecule has 0 aromatic heterocycles. The number of benzene rings is 2. The lowest BCUT2D eigenvalue weighted by atomic mass is 10.0. The molecule has 2 aromatic rings. The van der Waals surface area contributed by atoms with Crippen LogP contribution in [0.4, 0.5) is 0 Å². The molecule has 0 aliphatic carbocycles. The zero-order valence-corrected chi connectivity index (χ0v) is 21.9. The third-order valence-corrected chi connectivity index (χ3v) is 6.27. The van der Waals surface area contributed by atoms with E-state index in [1.165, 1.54) is 0 Å². The second kappa shape index (κ2) is 12.5. The van der Waals surface area contributed by atoms with Crippen molar-refractivity contribution in [1.82, 2.24) is 20.4 Å². The molecule has 1 aliphatic heterocycles. The summed E-state index contributed by atoms with van der Waals surface area (Å²) in [6, 6.07) is 15.7. The number of amides is 1. The fourth-order valence-corrected chi connectivity index (χ4v) is 4.23. The van der Waals surface area contributed by atoms with Crippen LogP contribution in [0.2, 0.25) is 5.02 Å². The summed E-state index contributed by atoms with van der Waals surface area (Å²) >= 11 is 6.12. The van der Waals surface area contributed by atoms with Crippen LogP contribution in [-0.4, -0.2) is 35.1 Å². The third-order valence-electron chi connectivity index (χ3n) is 6.02. The monoisotopic (exact) mass is 496 g/mol. The predicted molar refractivity (Wildman–Crippen MR) is 143 cm³/mol. The molecule has 1 unspecified atom stereocenters. The molecule has 0 fully saturated rings. The third kappa shape index (κ3) is 6.51. The number of rotatable bonds is 12. The van der Waals surface area contributed by atoms with Gasteiger partial charge in [-0.1, -0.05) is 75.7 Å². The fraction of sp³-hybridized carbons (Fsp3) is 0.393. The van der Waals surface area contributed by atoms with Crippen molar-refractivity contribution in [2.75, 3.05) is 13.1 Å². The Morgan fingerprint density at radius 2 is 1.94 bits per heavy atom. The Balaban J connectivity index is 2.01. The minimum absolute atomic E-state index is 0.0463. The quantitative estimate of drug-likeness (QED) is 0.390. The maximum Gasteiger partial charge on any atom is 0.274 e. The van der Waals surface area contributed by atoms with Crippen molar-refractivity contribution in [3.63, 3.8) is 0 Å². The number of ether oxygens (including phenoxy) is 1. The minimum Gasteiger partial charge on any atom is -0.452 e. The molecule has 6 nitrogen and oxygen atoms in total. The summed E-state index contributed by atoms with van der Waals surface area (Å²) in [5.74, 6) is 1.61. The molecule has 2 N–H and O–H groups in total. The zero-order chi connectivity index (χ0) is 25.4. The van der Waals surface area contributed by atoms with E-state index in [2.05, 4.69) is 44.1 Å². The minimum atomic E-state index is -0.586. The topological polar surface area (TPSA) is 56.8 Å². The van der Waals surface area contributed by atoms with Gasteiger partial charge in [0.1, 0.15) is 17.3 Å². The van der Waals surface area contributed by atoms with Gasteiger partial charge < -0.3 is 25.2 Å². The van der Waals surface area contributed by atoms with E-state index in [0.717, 1.165) is 29.7 Å². The Bertz CT molecular complexity index is 1040. The fourth-order valence-electron chi connectivity index (χ4n) is 4.10. The molecule has 188 valence electrons. The summed E-state index contributed by atoms with van der Waals surface area (Å²) in [5, 5.41) is 7.18. The van der Waals surface area contributed by atoms with Crippen molar-refractivity contribution in [3.8, 4) is 5.75 Å². The maximum absolute atomic E-state index is 13.8. The van der Waals surface area contributed by atoms with Crippen LogP contribution in [0.3, 0.4) is 0 Å². The van der Waals surface area contributed by atoms with E-state index < -0.39 is 6.35 Å². The first kappa shape index (κ1) is 26.5. The molecule has 3 rings (SSSR count). The average Bonchev–Trinajstić information content (AvgIpc) is 3.17. The van der Waals surface area contributed by atoms with Crippen LogP contribution in [0.5, 0.6) is 5.75 Å². The molecule has 1 heterocycles. The Labute approximate surface area is 214 Å². The Kier molecular flexibility index (Phi) is 9.49. The number of carbonyl (C=O) groups is 1. The molecule has 7 heteroatoms. The van der Waals surface area contributed by atoms with Crippen LogP contribution < -0.4 is 15.4 Å². The number of carbonyl (C=O) groups excluding carboxylic acids is 1. The van der Waals surface area contributed by atoms with Crippen molar-refractivity contribution >= 4 is 17.5 Å².